The average molecular weight is 311 g/mol. The molecule has 1 aliphatic heterocycles. The van der Waals surface area contributed by atoms with Crippen molar-refractivity contribution in [1.29, 1.82) is 0 Å². The first-order valence-corrected chi connectivity index (χ1v) is 7.22. The molecule has 1 aliphatic rings. The van der Waals surface area contributed by atoms with Gasteiger partial charge in [0.2, 0.25) is 5.91 Å². The minimum absolute atomic E-state index is 0.0625. The molecule has 0 spiro atoms. The third kappa shape index (κ3) is 3.56. The summed E-state index contributed by atoms with van der Waals surface area (Å²) in [5, 5.41) is 6.36. The number of rotatable bonds is 3. The SMILES string of the molecule is CC(NC(=O)[C@@H]1CCCNC1)c1ccc(Br)cc1. The fourth-order valence-corrected chi connectivity index (χ4v) is 2.51. The van der Waals surface area contributed by atoms with Crippen LogP contribution in [0.4, 0.5) is 0 Å². The van der Waals surface area contributed by atoms with Gasteiger partial charge in [-0.05, 0) is 44.0 Å². The van der Waals surface area contributed by atoms with E-state index in [-0.39, 0.29) is 17.9 Å². The molecule has 18 heavy (non-hydrogen) atoms. The molecule has 1 unspecified atom stereocenters. The Bertz CT molecular complexity index is 399. The van der Waals surface area contributed by atoms with Crippen LogP contribution in [-0.2, 0) is 4.79 Å². The van der Waals surface area contributed by atoms with Crippen molar-refractivity contribution in [2.45, 2.75) is 25.8 Å². The van der Waals surface area contributed by atoms with E-state index < -0.39 is 0 Å². The van der Waals surface area contributed by atoms with Crippen LogP contribution in [0.15, 0.2) is 28.7 Å². The largest absolute Gasteiger partial charge is 0.349 e. The van der Waals surface area contributed by atoms with Gasteiger partial charge in [0.1, 0.15) is 0 Å². The molecule has 0 saturated carbocycles. The molecule has 2 rings (SSSR count). The van der Waals surface area contributed by atoms with Crippen molar-refractivity contribution < 1.29 is 4.79 Å². The minimum atomic E-state index is 0.0625. The molecule has 1 heterocycles. The van der Waals surface area contributed by atoms with Crippen LogP contribution in [0.5, 0.6) is 0 Å². The topological polar surface area (TPSA) is 41.1 Å². The smallest absolute Gasteiger partial charge is 0.224 e. The van der Waals surface area contributed by atoms with E-state index in [1.807, 2.05) is 31.2 Å². The number of hydrogen-bond acceptors (Lipinski definition) is 2. The zero-order valence-corrected chi connectivity index (χ0v) is 12.2. The molecular weight excluding hydrogens is 292 g/mol. The van der Waals surface area contributed by atoms with Crippen LogP contribution < -0.4 is 10.6 Å². The van der Waals surface area contributed by atoms with E-state index in [1.54, 1.807) is 0 Å². The van der Waals surface area contributed by atoms with Gasteiger partial charge in [-0.15, -0.1) is 0 Å². The monoisotopic (exact) mass is 310 g/mol. The fourth-order valence-electron chi connectivity index (χ4n) is 2.24. The maximum Gasteiger partial charge on any atom is 0.224 e. The number of carbonyl (C=O) groups excluding carboxylic acids is 1. The Hall–Kier alpha value is -0.870. The lowest BCUT2D eigenvalue weighted by Crippen LogP contribution is -2.41. The Morgan fingerprint density at radius 2 is 2.17 bits per heavy atom. The normalized spacial score (nSPS) is 21.3. The van der Waals surface area contributed by atoms with Crippen molar-refractivity contribution >= 4 is 21.8 Å². The minimum Gasteiger partial charge on any atom is -0.349 e. The molecule has 1 aromatic carbocycles. The Kier molecular flexibility index (Phi) is 4.78. The van der Waals surface area contributed by atoms with Crippen molar-refractivity contribution in [3.05, 3.63) is 34.3 Å². The maximum atomic E-state index is 12.1. The summed E-state index contributed by atoms with van der Waals surface area (Å²) < 4.78 is 1.06. The van der Waals surface area contributed by atoms with Gasteiger partial charge in [-0.2, -0.15) is 0 Å². The fraction of sp³-hybridized carbons (Fsp3) is 0.500. The van der Waals surface area contributed by atoms with Gasteiger partial charge in [0.05, 0.1) is 12.0 Å². The van der Waals surface area contributed by atoms with Gasteiger partial charge in [0.15, 0.2) is 0 Å². The number of piperidine rings is 1. The zero-order valence-electron chi connectivity index (χ0n) is 10.6. The predicted molar refractivity (Wildman–Crippen MR) is 76.3 cm³/mol. The second-order valence-corrected chi connectivity index (χ2v) is 5.74. The molecule has 2 N–H and O–H groups in total. The summed E-state index contributed by atoms with van der Waals surface area (Å²) in [5.41, 5.74) is 1.13. The first-order chi connectivity index (χ1) is 8.66. The van der Waals surface area contributed by atoms with Crippen molar-refractivity contribution in [2.24, 2.45) is 5.92 Å². The van der Waals surface area contributed by atoms with Crippen LogP contribution >= 0.6 is 15.9 Å². The molecule has 4 heteroatoms. The van der Waals surface area contributed by atoms with E-state index in [0.717, 1.165) is 36.0 Å². The lowest BCUT2D eigenvalue weighted by molar-refractivity contribution is -0.126. The van der Waals surface area contributed by atoms with Crippen LogP contribution in [0.2, 0.25) is 0 Å². The van der Waals surface area contributed by atoms with E-state index in [1.165, 1.54) is 0 Å². The van der Waals surface area contributed by atoms with E-state index in [4.69, 9.17) is 0 Å². The molecule has 1 fully saturated rings. The third-order valence-electron chi connectivity index (χ3n) is 3.40. The molecule has 1 aromatic rings. The van der Waals surface area contributed by atoms with Gasteiger partial charge in [0.25, 0.3) is 0 Å². The number of halogens is 1. The molecule has 0 aliphatic carbocycles. The zero-order chi connectivity index (χ0) is 13.0. The Balaban J connectivity index is 1.91. The van der Waals surface area contributed by atoms with Crippen LogP contribution in [-0.4, -0.2) is 19.0 Å². The second-order valence-electron chi connectivity index (χ2n) is 4.83. The molecule has 3 nitrogen and oxygen atoms in total. The highest BCUT2D eigenvalue weighted by Crippen LogP contribution is 2.18. The highest BCUT2D eigenvalue weighted by Gasteiger charge is 2.22. The first kappa shape index (κ1) is 13.6. The summed E-state index contributed by atoms with van der Waals surface area (Å²) in [4.78, 5) is 12.1. The lowest BCUT2D eigenvalue weighted by atomic mass is 9.98. The molecule has 0 radical (unpaired) electrons. The van der Waals surface area contributed by atoms with Gasteiger partial charge >= 0.3 is 0 Å². The van der Waals surface area contributed by atoms with Crippen LogP contribution in [0.25, 0.3) is 0 Å². The Labute approximate surface area is 116 Å². The highest BCUT2D eigenvalue weighted by atomic mass is 79.9. The molecule has 2 atom stereocenters. The number of benzene rings is 1. The number of nitrogens with one attached hydrogen (secondary N) is 2. The highest BCUT2D eigenvalue weighted by molar-refractivity contribution is 9.10. The van der Waals surface area contributed by atoms with Crippen LogP contribution in [0.3, 0.4) is 0 Å². The lowest BCUT2D eigenvalue weighted by Gasteiger charge is -2.24. The van der Waals surface area contributed by atoms with E-state index in [9.17, 15) is 4.79 Å². The predicted octanol–water partition coefficient (Wildman–Crippen LogP) is 2.63. The van der Waals surface area contributed by atoms with Crippen LogP contribution in [0, 0.1) is 5.92 Å². The number of amides is 1. The summed E-state index contributed by atoms with van der Waals surface area (Å²) in [6, 6.07) is 8.13. The molecule has 1 saturated heterocycles. The summed E-state index contributed by atoms with van der Waals surface area (Å²) in [5.74, 6) is 0.286. The number of carbonyl (C=O) groups is 1. The summed E-state index contributed by atoms with van der Waals surface area (Å²) in [6.45, 7) is 3.86. The summed E-state index contributed by atoms with van der Waals surface area (Å²) >= 11 is 3.41. The Morgan fingerprint density at radius 3 is 2.78 bits per heavy atom. The number of hydrogen-bond donors (Lipinski definition) is 2. The van der Waals surface area contributed by atoms with E-state index >= 15 is 0 Å². The van der Waals surface area contributed by atoms with Gasteiger partial charge in [-0.25, -0.2) is 0 Å². The maximum absolute atomic E-state index is 12.1. The van der Waals surface area contributed by atoms with E-state index in [0.29, 0.717) is 0 Å². The quantitative estimate of drug-likeness (QED) is 0.901. The van der Waals surface area contributed by atoms with Gasteiger partial charge in [0, 0.05) is 11.0 Å². The van der Waals surface area contributed by atoms with Crippen molar-refractivity contribution in [3.63, 3.8) is 0 Å². The Morgan fingerprint density at radius 1 is 1.44 bits per heavy atom. The van der Waals surface area contributed by atoms with E-state index in [2.05, 4.69) is 26.6 Å². The molecule has 0 aromatic heterocycles. The van der Waals surface area contributed by atoms with Gasteiger partial charge in [-0.1, -0.05) is 28.1 Å². The summed E-state index contributed by atoms with van der Waals surface area (Å²) in [6.07, 6.45) is 2.08. The molecule has 0 bridgehead atoms. The average Bonchev–Trinajstić information content (AvgIpc) is 2.40. The standard InChI is InChI=1S/C14H19BrN2O/c1-10(11-4-6-13(15)7-5-11)17-14(18)12-3-2-8-16-9-12/h4-7,10,12,16H,2-3,8-9H2,1H3,(H,17,18)/t10?,12-/m1/s1. The second kappa shape index (κ2) is 6.34. The van der Waals surface area contributed by atoms with Crippen molar-refractivity contribution in [1.82, 2.24) is 10.6 Å². The third-order valence-corrected chi connectivity index (χ3v) is 3.93. The first-order valence-electron chi connectivity index (χ1n) is 6.43. The van der Waals surface area contributed by atoms with Crippen molar-refractivity contribution in [3.8, 4) is 0 Å². The molecular formula is C14H19BrN2O. The molecule has 98 valence electrons. The van der Waals surface area contributed by atoms with Crippen molar-refractivity contribution in [2.75, 3.05) is 13.1 Å². The molecule has 1 amide bonds. The summed E-state index contributed by atoms with van der Waals surface area (Å²) in [7, 11) is 0. The van der Waals surface area contributed by atoms with Gasteiger partial charge in [-0.3, -0.25) is 4.79 Å². The van der Waals surface area contributed by atoms with Gasteiger partial charge < -0.3 is 10.6 Å². The van der Waals surface area contributed by atoms with Crippen LogP contribution in [0.1, 0.15) is 31.4 Å².